The molecular weight excluding hydrogens is 176 g/mol. The molecule has 1 saturated heterocycles. The van der Waals surface area contributed by atoms with Gasteiger partial charge in [-0.1, -0.05) is 13.8 Å². The second-order valence-electron chi connectivity index (χ2n) is 4.85. The largest absolute Gasteiger partial charge is 0.376 e. The normalized spacial score (nSPS) is 33.2. The molecule has 84 valence electrons. The van der Waals surface area contributed by atoms with Gasteiger partial charge in [-0.05, 0) is 26.3 Å². The molecule has 3 nitrogen and oxygen atoms in total. The maximum atomic E-state index is 5.91. The quantitative estimate of drug-likeness (QED) is 0.738. The Hall–Kier alpha value is -0.120. The Labute approximate surface area is 87.6 Å². The summed E-state index contributed by atoms with van der Waals surface area (Å²) in [5, 5.41) is 0. The predicted octanol–water partition coefficient (Wildman–Crippen LogP) is 1.08. The van der Waals surface area contributed by atoms with Crippen LogP contribution in [0.5, 0.6) is 0 Å². The molecule has 0 spiro atoms. The third kappa shape index (κ3) is 2.10. The average Bonchev–Trinajstić information content (AvgIpc) is 2.46. The van der Waals surface area contributed by atoms with E-state index in [1.165, 1.54) is 0 Å². The van der Waals surface area contributed by atoms with Crippen LogP contribution in [0.25, 0.3) is 0 Å². The van der Waals surface area contributed by atoms with Crippen LogP contribution in [0.1, 0.15) is 27.2 Å². The highest BCUT2D eigenvalue weighted by Crippen LogP contribution is 2.30. The third-order valence-corrected chi connectivity index (χ3v) is 3.41. The van der Waals surface area contributed by atoms with E-state index in [0.29, 0.717) is 12.5 Å². The van der Waals surface area contributed by atoms with E-state index in [9.17, 15) is 0 Å². The molecular formula is C11H24N2O. The van der Waals surface area contributed by atoms with Crippen LogP contribution in [0.15, 0.2) is 0 Å². The minimum atomic E-state index is 0.0737. The Morgan fingerprint density at radius 2 is 2.21 bits per heavy atom. The zero-order valence-corrected chi connectivity index (χ0v) is 9.92. The lowest BCUT2D eigenvalue weighted by molar-refractivity contribution is 0.0233. The van der Waals surface area contributed by atoms with E-state index in [-0.39, 0.29) is 11.6 Å². The third-order valence-electron chi connectivity index (χ3n) is 3.41. The first-order chi connectivity index (χ1) is 6.53. The van der Waals surface area contributed by atoms with Crippen LogP contribution in [0, 0.1) is 5.92 Å². The van der Waals surface area contributed by atoms with Gasteiger partial charge in [-0.25, -0.2) is 0 Å². The van der Waals surface area contributed by atoms with E-state index in [1.807, 2.05) is 0 Å². The molecule has 14 heavy (non-hydrogen) atoms. The highest BCUT2D eigenvalue weighted by molar-refractivity contribution is 4.99. The molecule has 2 atom stereocenters. The predicted molar refractivity (Wildman–Crippen MR) is 59.3 cm³/mol. The van der Waals surface area contributed by atoms with Crippen molar-refractivity contribution >= 4 is 0 Å². The summed E-state index contributed by atoms with van der Waals surface area (Å²) < 4.78 is 5.64. The van der Waals surface area contributed by atoms with Gasteiger partial charge in [0.2, 0.25) is 0 Å². The Morgan fingerprint density at radius 3 is 2.57 bits per heavy atom. The van der Waals surface area contributed by atoms with Crippen molar-refractivity contribution in [2.45, 2.75) is 38.8 Å². The minimum absolute atomic E-state index is 0.0737. The molecule has 2 N–H and O–H groups in total. The van der Waals surface area contributed by atoms with Gasteiger partial charge >= 0.3 is 0 Å². The maximum absolute atomic E-state index is 5.91. The van der Waals surface area contributed by atoms with Crippen LogP contribution in [0.3, 0.4) is 0 Å². The van der Waals surface area contributed by atoms with Crippen molar-refractivity contribution in [2.24, 2.45) is 11.7 Å². The summed E-state index contributed by atoms with van der Waals surface area (Å²) in [6.07, 6.45) is 1.32. The summed E-state index contributed by atoms with van der Waals surface area (Å²) in [4.78, 5) is 2.38. The lowest BCUT2D eigenvalue weighted by atomic mass is 9.89. The molecule has 0 aliphatic carbocycles. The highest BCUT2D eigenvalue weighted by Gasteiger charge is 2.43. The Balaban J connectivity index is 2.68. The van der Waals surface area contributed by atoms with Crippen LogP contribution in [-0.2, 0) is 4.74 Å². The average molecular weight is 200 g/mol. The van der Waals surface area contributed by atoms with E-state index < -0.39 is 0 Å². The Kier molecular flexibility index (Phi) is 3.93. The molecule has 0 amide bonds. The fourth-order valence-electron chi connectivity index (χ4n) is 2.43. The van der Waals surface area contributed by atoms with Gasteiger partial charge in [-0.2, -0.15) is 0 Å². The molecule has 1 fully saturated rings. The van der Waals surface area contributed by atoms with Crippen LogP contribution >= 0.6 is 0 Å². The smallest absolute Gasteiger partial charge is 0.0743 e. The van der Waals surface area contributed by atoms with E-state index >= 15 is 0 Å². The maximum Gasteiger partial charge on any atom is 0.0743 e. The van der Waals surface area contributed by atoms with Gasteiger partial charge < -0.3 is 10.5 Å². The van der Waals surface area contributed by atoms with E-state index in [2.05, 4.69) is 32.7 Å². The number of hydrogen-bond acceptors (Lipinski definition) is 3. The number of hydrogen-bond donors (Lipinski definition) is 1. The number of nitrogens with two attached hydrogens (primary N) is 1. The molecule has 0 aromatic rings. The Morgan fingerprint density at radius 1 is 1.57 bits per heavy atom. The summed E-state index contributed by atoms with van der Waals surface area (Å²) in [5.41, 5.74) is 5.99. The molecule has 1 rings (SSSR count). The zero-order chi connectivity index (χ0) is 10.8. The molecule has 3 heteroatoms. The minimum Gasteiger partial charge on any atom is -0.376 e. The topological polar surface area (TPSA) is 38.5 Å². The number of likely N-dealkylation sites (N-methyl/N-ethyl adjacent to an activating group) is 1. The lowest BCUT2D eigenvalue weighted by Gasteiger charge is -2.41. The first kappa shape index (κ1) is 12.0. The number of rotatable bonds is 4. The van der Waals surface area contributed by atoms with E-state index in [1.54, 1.807) is 0 Å². The van der Waals surface area contributed by atoms with Gasteiger partial charge in [0.15, 0.2) is 0 Å². The first-order valence-corrected chi connectivity index (χ1v) is 5.56. The molecule has 1 heterocycles. The molecule has 0 aromatic heterocycles. The van der Waals surface area contributed by atoms with Crippen LogP contribution in [-0.4, -0.2) is 43.3 Å². The SMILES string of the molecule is CC(C)CN(C)C1(CN)CCOC1C. The number of nitrogens with zero attached hydrogens (tertiary/aromatic N) is 1. The fourth-order valence-corrected chi connectivity index (χ4v) is 2.43. The second kappa shape index (κ2) is 4.60. The van der Waals surface area contributed by atoms with Crippen molar-refractivity contribution in [3.05, 3.63) is 0 Å². The van der Waals surface area contributed by atoms with Crippen molar-refractivity contribution in [1.29, 1.82) is 0 Å². The molecule has 0 bridgehead atoms. The number of ether oxygens (including phenoxy) is 1. The van der Waals surface area contributed by atoms with Crippen LogP contribution < -0.4 is 5.73 Å². The van der Waals surface area contributed by atoms with E-state index in [4.69, 9.17) is 10.5 Å². The Bertz CT molecular complexity index is 184. The summed E-state index contributed by atoms with van der Waals surface area (Å²) in [7, 11) is 2.16. The van der Waals surface area contributed by atoms with Crippen molar-refractivity contribution in [3.8, 4) is 0 Å². The van der Waals surface area contributed by atoms with Crippen molar-refractivity contribution in [3.63, 3.8) is 0 Å². The monoisotopic (exact) mass is 200 g/mol. The summed E-state index contributed by atoms with van der Waals surface area (Å²) >= 11 is 0. The van der Waals surface area contributed by atoms with Crippen LogP contribution in [0.2, 0.25) is 0 Å². The van der Waals surface area contributed by atoms with Gasteiger partial charge in [0, 0.05) is 19.7 Å². The van der Waals surface area contributed by atoms with Gasteiger partial charge in [0.1, 0.15) is 0 Å². The van der Waals surface area contributed by atoms with Gasteiger partial charge in [0.05, 0.1) is 11.6 Å². The van der Waals surface area contributed by atoms with Gasteiger partial charge in [-0.3, -0.25) is 4.90 Å². The van der Waals surface area contributed by atoms with E-state index in [0.717, 1.165) is 19.6 Å². The lowest BCUT2D eigenvalue weighted by Crippen LogP contribution is -2.57. The molecule has 1 aliphatic heterocycles. The van der Waals surface area contributed by atoms with Crippen molar-refractivity contribution in [2.75, 3.05) is 26.7 Å². The molecule has 0 saturated carbocycles. The molecule has 0 aromatic carbocycles. The van der Waals surface area contributed by atoms with Gasteiger partial charge in [0.25, 0.3) is 0 Å². The summed E-state index contributed by atoms with van der Waals surface area (Å²) in [6.45, 7) is 9.24. The molecule has 2 unspecified atom stereocenters. The zero-order valence-electron chi connectivity index (χ0n) is 9.92. The van der Waals surface area contributed by atoms with Gasteiger partial charge in [-0.15, -0.1) is 0 Å². The fraction of sp³-hybridized carbons (Fsp3) is 1.00. The van der Waals surface area contributed by atoms with Crippen molar-refractivity contribution < 1.29 is 4.74 Å². The first-order valence-electron chi connectivity index (χ1n) is 5.56. The molecule has 0 radical (unpaired) electrons. The van der Waals surface area contributed by atoms with Crippen LogP contribution in [0.4, 0.5) is 0 Å². The van der Waals surface area contributed by atoms with Crippen molar-refractivity contribution in [1.82, 2.24) is 4.90 Å². The standard InChI is InChI=1S/C11H24N2O/c1-9(2)7-13(4)11(8-12)5-6-14-10(11)3/h9-10H,5-8,12H2,1-4H3. The summed E-state index contributed by atoms with van der Waals surface area (Å²) in [5.74, 6) is 0.677. The highest BCUT2D eigenvalue weighted by atomic mass is 16.5. The molecule has 1 aliphatic rings. The second-order valence-corrected chi connectivity index (χ2v) is 4.85. The summed E-state index contributed by atoms with van der Waals surface area (Å²) in [6, 6.07) is 0.